The minimum atomic E-state index is -0.492. The molecule has 1 aliphatic carbocycles. The maximum atomic E-state index is 13.9. The van der Waals surface area contributed by atoms with Gasteiger partial charge in [0.25, 0.3) is 0 Å². The molecule has 0 spiro atoms. The maximum Gasteiger partial charge on any atom is 0.232 e. The van der Waals surface area contributed by atoms with Crippen LogP contribution in [-0.2, 0) is 10.2 Å². The van der Waals surface area contributed by atoms with E-state index < -0.39 is 11.7 Å². The van der Waals surface area contributed by atoms with Gasteiger partial charge in [0, 0.05) is 17.2 Å². The van der Waals surface area contributed by atoms with Gasteiger partial charge in [0.1, 0.15) is 0 Å². The van der Waals surface area contributed by atoms with Crippen LogP contribution in [0.5, 0.6) is 0 Å². The molecule has 152 valence electrons. The van der Waals surface area contributed by atoms with Crippen molar-refractivity contribution in [2.45, 2.75) is 31.6 Å². The second-order valence-electron chi connectivity index (χ2n) is 7.77. The van der Waals surface area contributed by atoms with E-state index in [2.05, 4.69) is 30.6 Å². The van der Waals surface area contributed by atoms with Gasteiger partial charge in [-0.05, 0) is 12.5 Å². The normalized spacial score (nSPS) is 17.3. The summed E-state index contributed by atoms with van der Waals surface area (Å²) < 4.78 is 15.4. The highest BCUT2D eigenvalue weighted by Crippen LogP contribution is 2.46. The van der Waals surface area contributed by atoms with Gasteiger partial charge in [0.2, 0.25) is 5.91 Å². The Bertz CT molecular complexity index is 1280. The number of hydrogen-bond acceptors (Lipinski definition) is 6. The number of fused-ring (bicyclic) bond motifs is 3. The van der Waals surface area contributed by atoms with E-state index in [-0.39, 0.29) is 17.0 Å². The van der Waals surface area contributed by atoms with Gasteiger partial charge in [-0.25, -0.2) is 18.9 Å². The van der Waals surface area contributed by atoms with E-state index in [1.165, 1.54) is 27.9 Å². The summed E-state index contributed by atoms with van der Waals surface area (Å²) in [7, 11) is 0. The number of amides is 1. The molecule has 9 nitrogen and oxygen atoms in total. The lowest BCUT2D eigenvalue weighted by molar-refractivity contribution is -0.117. The number of pyridine rings is 1. The first kappa shape index (κ1) is 18.6. The van der Waals surface area contributed by atoms with Gasteiger partial charge in [0.05, 0.1) is 47.1 Å². The Labute approximate surface area is 174 Å². The van der Waals surface area contributed by atoms with Crippen molar-refractivity contribution < 1.29 is 9.18 Å². The molecular formula is C19H16ClFN8O. The van der Waals surface area contributed by atoms with Gasteiger partial charge in [-0.1, -0.05) is 25.4 Å². The minimum Gasteiger partial charge on any atom is -0.324 e. The summed E-state index contributed by atoms with van der Waals surface area (Å²) in [6, 6.07) is 1.59. The standard InChI is InChI=1S/C19H16ClFN8O/c1-19(2)6-11(12-8-23-17-14(21)9-26-28(17)15(12)19)18(30)27-10-5-13(20)16(22-7-10)29-24-3-4-25-29/h3-5,7-9,11H,6H2,1-2H3,(H,27,30). The third-order valence-corrected chi connectivity index (χ3v) is 5.53. The van der Waals surface area contributed by atoms with E-state index in [1.54, 1.807) is 12.3 Å². The molecule has 30 heavy (non-hydrogen) atoms. The van der Waals surface area contributed by atoms with Crippen molar-refractivity contribution in [2.75, 3.05) is 5.32 Å². The number of aromatic nitrogens is 7. The summed E-state index contributed by atoms with van der Waals surface area (Å²) in [5.41, 5.74) is 1.73. The van der Waals surface area contributed by atoms with Crippen molar-refractivity contribution in [1.82, 2.24) is 34.6 Å². The van der Waals surface area contributed by atoms with Crippen LogP contribution in [0.3, 0.4) is 0 Å². The van der Waals surface area contributed by atoms with Crippen LogP contribution >= 0.6 is 11.6 Å². The lowest BCUT2D eigenvalue weighted by atomic mass is 9.88. The lowest BCUT2D eigenvalue weighted by Gasteiger charge is -2.19. The van der Waals surface area contributed by atoms with E-state index in [0.29, 0.717) is 22.9 Å². The van der Waals surface area contributed by atoms with Gasteiger partial charge < -0.3 is 5.32 Å². The number of rotatable bonds is 3. The summed E-state index contributed by atoms with van der Waals surface area (Å²) in [5, 5.41) is 15.3. The molecule has 0 saturated heterocycles. The third-order valence-electron chi connectivity index (χ3n) is 5.26. The number of halogens is 2. The van der Waals surface area contributed by atoms with Gasteiger partial charge in [0.15, 0.2) is 17.3 Å². The molecule has 0 aromatic carbocycles. The number of anilines is 1. The highest BCUT2D eigenvalue weighted by Gasteiger charge is 2.43. The number of nitrogens with one attached hydrogen (secondary N) is 1. The Balaban J connectivity index is 1.46. The van der Waals surface area contributed by atoms with Crippen LogP contribution in [0.1, 0.15) is 37.4 Å². The average molecular weight is 427 g/mol. The third kappa shape index (κ3) is 2.83. The van der Waals surface area contributed by atoms with Crippen molar-refractivity contribution >= 4 is 28.8 Å². The summed E-state index contributed by atoms with van der Waals surface area (Å²) in [4.78, 5) is 22.8. The molecule has 4 heterocycles. The Hall–Kier alpha value is -3.40. The summed E-state index contributed by atoms with van der Waals surface area (Å²) >= 11 is 6.29. The van der Waals surface area contributed by atoms with Crippen LogP contribution in [0.25, 0.3) is 11.5 Å². The Morgan fingerprint density at radius 3 is 2.70 bits per heavy atom. The Kier molecular flexibility index (Phi) is 4.07. The zero-order chi connectivity index (χ0) is 21.0. The van der Waals surface area contributed by atoms with Crippen LogP contribution in [-0.4, -0.2) is 40.5 Å². The predicted molar refractivity (Wildman–Crippen MR) is 106 cm³/mol. The Morgan fingerprint density at radius 2 is 1.97 bits per heavy atom. The van der Waals surface area contributed by atoms with Crippen LogP contribution in [0, 0.1) is 5.82 Å². The molecule has 5 rings (SSSR count). The van der Waals surface area contributed by atoms with E-state index in [1.807, 2.05) is 13.8 Å². The van der Waals surface area contributed by atoms with Gasteiger partial charge in [-0.15, -0.1) is 4.80 Å². The van der Waals surface area contributed by atoms with Crippen molar-refractivity contribution in [1.29, 1.82) is 0 Å². The molecule has 1 amide bonds. The van der Waals surface area contributed by atoms with Crippen molar-refractivity contribution in [3.05, 3.63) is 59.1 Å². The summed E-state index contributed by atoms with van der Waals surface area (Å²) in [5.74, 6) is -0.822. The van der Waals surface area contributed by atoms with Crippen LogP contribution in [0.15, 0.2) is 37.1 Å². The first-order valence-corrected chi connectivity index (χ1v) is 9.58. The van der Waals surface area contributed by atoms with E-state index in [0.717, 1.165) is 17.5 Å². The molecule has 11 heteroatoms. The number of carbonyl (C=O) groups excluding carboxylic acids is 1. The quantitative estimate of drug-likeness (QED) is 0.540. The topological polar surface area (TPSA) is 103 Å². The first-order chi connectivity index (χ1) is 14.3. The largest absolute Gasteiger partial charge is 0.324 e. The van der Waals surface area contributed by atoms with E-state index in [9.17, 15) is 9.18 Å². The predicted octanol–water partition coefficient (Wildman–Crippen LogP) is 2.90. The fourth-order valence-electron chi connectivity index (χ4n) is 4.00. The molecule has 0 saturated carbocycles. The number of hydrogen-bond donors (Lipinski definition) is 1. The molecule has 4 aromatic heterocycles. The molecule has 0 radical (unpaired) electrons. The molecule has 4 aromatic rings. The van der Waals surface area contributed by atoms with Crippen LogP contribution in [0.4, 0.5) is 10.1 Å². The van der Waals surface area contributed by atoms with Gasteiger partial charge in [-0.3, -0.25) is 4.79 Å². The molecule has 1 aliphatic rings. The molecule has 1 N–H and O–H groups in total. The Morgan fingerprint density at radius 1 is 1.20 bits per heavy atom. The van der Waals surface area contributed by atoms with Gasteiger partial charge >= 0.3 is 0 Å². The zero-order valence-corrected chi connectivity index (χ0v) is 16.8. The number of carbonyl (C=O) groups is 1. The van der Waals surface area contributed by atoms with Crippen LogP contribution < -0.4 is 5.32 Å². The molecule has 0 aliphatic heterocycles. The first-order valence-electron chi connectivity index (χ1n) is 9.21. The lowest BCUT2D eigenvalue weighted by Crippen LogP contribution is -2.21. The molecule has 0 fully saturated rings. The van der Waals surface area contributed by atoms with Crippen LogP contribution in [0.2, 0.25) is 5.02 Å². The van der Waals surface area contributed by atoms with E-state index in [4.69, 9.17) is 11.6 Å². The maximum absolute atomic E-state index is 13.9. The highest BCUT2D eigenvalue weighted by molar-refractivity contribution is 6.32. The molecule has 1 unspecified atom stereocenters. The molecular weight excluding hydrogens is 411 g/mol. The smallest absolute Gasteiger partial charge is 0.232 e. The van der Waals surface area contributed by atoms with Crippen molar-refractivity contribution in [2.24, 2.45) is 0 Å². The van der Waals surface area contributed by atoms with E-state index >= 15 is 0 Å². The monoisotopic (exact) mass is 426 g/mol. The average Bonchev–Trinajstić information content (AvgIpc) is 3.41. The SMILES string of the molecule is CC1(C)CC(C(=O)Nc2cnc(-n3nccn3)c(Cl)c2)c2cnc3c(F)cnn3c21. The van der Waals surface area contributed by atoms with Crippen molar-refractivity contribution in [3.63, 3.8) is 0 Å². The zero-order valence-electron chi connectivity index (χ0n) is 16.0. The second-order valence-corrected chi connectivity index (χ2v) is 8.18. The highest BCUT2D eigenvalue weighted by atomic mass is 35.5. The second kappa shape index (κ2) is 6.56. The molecule has 1 atom stereocenters. The summed E-state index contributed by atoms with van der Waals surface area (Å²) in [6.07, 6.45) is 7.76. The number of nitrogens with zero attached hydrogens (tertiary/aromatic N) is 7. The minimum absolute atomic E-state index is 0.154. The molecule has 0 bridgehead atoms. The van der Waals surface area contributed by atoms with Crippen molar-refractivity contribution in [3.8, 4) is 5.82 Å². The van der Waals surface area contributed by atoms with Gasteiger partial charge in [-0.2, -0.15) is 15.3 Å². The fraction of sp³-hybridized carbons (Fsp3) is 0.263. The summed E-state index contributed by atoms with van der Waals surface area (Å²) in [6.45, 7) is 4.00. The fourth-order valence-corrected chi connectivity index (χ4v) is 4.24.